The number of nitrogens with one attached hydrogen (secondary N) is 1. The minimum Gasteiger partial charge on any atom is -0.469 e. The number of aryl methyl sites for hydroxylation is 2. The smallest absolute Gasteiger partial charge is 0.307 e. The fourth-order valence-corrected chi connectivity index (χ4v) is 2.80. The molecule has 1 atom stereocenters. The maximum absolute atomic E-state index is 12.3. The number of rotatable bonds is 8. The molecular weight excluding hydrogens is 350 g/mol. The second kappa shape index (κ2) is 9.97. The van der Waals surface area contributed by atoms with E-state index in [9.17, 15) is 9.59 Å². The van der Waals surface area contributed by atoms with E-state index in [4.69, 9.17) is 16.3 Å². The molecule has 1 unspecified atom stereocenters. The van der Waals surface area contributed by atoms with Crippen molar-refractivity contribution in [3.63, 3.8) is 0 Å². The highest BCUT2D eigenvalue weighted by Gasteiger charge is 2.18. The lowest BCUT2D eigenvalue weighted by Gasteiger charge is -2.18. The van der Waals surface area contributed by atoms with Crippen LogP contribution in [-0.4, -0.2) is 19.0 Å². The van der Waals surface area contributed by atoms with Gasteiger partial charge in [-0.1, -0.05) is 53.6 Å². The summed E-state index contributed by atoms with van der Waals surface area (Å²) in [6.07, 6.45) is 2.08. The molecular formula is C21H24ClNO3. The summed E-state index contributed by atoms with van der Waals surface area (Å²) >= 11 is 5.91. The summed E-state index contributed by atoms with van der Waals surface area (Å²) in [5.74, 6) is -0.453. The number of carbonyl (C=O) groups is 2. The van der Waals surface area contributed by atoms with E-state index in [0.29, 0.717) is 11.4 Å². The SMILES string of the molecule is COC(=O)CC(NC(=O)CCCc1ccc(C)cc1)c1ccc(Cl)cc1. The van der Waals surface area contributed by atoms with E-state index < -0.39 is 6.04 Å². The molecule has 0 aliphatic carbocycles. The molecule has 0 aliphatic rings. The quantitative estimate of drug-likeness (QED) is 0.698. The normalized spacial score (nSPS) is 11.7. The molecule has 138 valence electrons. The topological polar surface area (TPSA) is 55.4 Å². The molecule has 5 heteroatoms. The lowest BCUT2D eigenvalue weighted by atomic mass is 10.0. The Morgan fingerprint density at radius 2 is 1.73 bits per heavy atom. The van der Waals surface area contributed by atoms with Crippen molar-refractivity contribution in [3.8, 4) is 0 Å². The van der Waals surface area contributed by atoms with Gasteiger partial charge in [-0.2, -0.15) is 0 Å². The van der Waals surface area contributed by atoms with Crippen LogP contribution in [0.2, 0.25) is 5.02 Å². The Morgan fingerprint density at radius 1 is 1.08 bits per heavy atom. The molecule has 0 heterocycles. The Labute approximate surface area is 159 Å². The van der Waals surface area contributed by atoms with Gasteiger partial charge >= 0.3 is 5.97 Å². The molecule has 26 heavy (non-hydrogen) atoms. The average Bonchev–Trinajstić information content (AvgIpc) is 2.63. The number of hydrogen-bond acceptors (Lipinski definition) is 3. The van der Waals surface area contributed by atoms with Crippen LogP contribution in [-0.2, 0) is 20.7 Å². The third kappa shape index (κ3) is 6.52. The van der Waals surface area contributed by atoms with Crippen molar-refractivity contribution in [2.24, 2.45) is 0 Å². The van der Waals surface area contributed by atoms with Crippen LogP contribution in [0.15, 0.2) is 48.5 Å². The van der Waals surface area contributed by atoms with Crippen molar-refractivity contribution in [1.29, 1.82) is 0 Å². The molecule has 2 aromatic rings. The molecule has 0 spiro atoms. The van der Waals surface area contributed by atoms with Gasteiger partial charge in [-0.25, -0.2) is 0 Å². The second-order valence-corrected chi connectivity index (χ2v) is 6.73. The monoisotopic (exact) mass is 373 g/mol. The number of halogens is 1. The highest BCUT2D eigenvalue weighted by molar-refractivity contribution is 6.30. The van der Waals surface area contributed by atoms with Crippen molar-refractivity contribution in [1.82, 2.24) is 5.32 Å². The fourth-order valence-electron chi connectivity index (χ4n) is 2.67. The van der Waals surface area contributed by atoms with Crippen LogP contribution in [0.4, 0.5) is 0 Å². The second-order valence-electron chi connectivity index (χ2n) is 6.29. The van der Waals surface area contributed by atoms with E-state index in [-0.39, 0.29) is 18.3 Å². The molecule has 0 fully saturated rings. The predicted octanol–water partition coefficient (Wildman–Crippen LogP) is 4.39. The molecule has 1 N–H and O–H groups in total. The van der Waals surface area contributed by atoms with Crippen molar-refractivity contribution in [3.05, 3.63) is 70.2 Å². The summed E-state index contributed by atoms with van der Waals surface area (Å²) < 4.78 is 4.74. The number of ether oxygens (including phenoxy) is 1. The summed E-state index contributed by atoms with van der Waals surface area (Å²) in [5, 5.41) is 3.54. The zero-order valence-corrected chi connectivity index (χ0v) is 15.9. The van der Waals surface area contributed by atoms with Gasteiger partial charge < -0.3 is 10.1 Å². The van der Waals surface area contributed by atoms with Crippen molar-refractivity contribution in [2.75, 3.05) is 7.11 Å². The maximum Gasteiger partial charge on any atom is 0.307 e. The first-order valence-electron chi connectivity index (χ1n) is 8.65. The molecule has 0 saturated carbocycles. The van der Waals surface area contributed by atoms with Crippen LogP contribution in [0, 0.1) is 6.92 Å². The van der Waals surface area contributed by atoms with Gasteiger partial charge in [0, 0.05) is 11.4 Å². The van der Waals surface area contributed by atoms with Crippen LogP contribution in [0.5, 0.6) is 0 Å². The predicted molar refractivity (Wildman–Crippen MR) is 103 cm³/mol. The highest BCUT2D eigenvalue weighted by atomic mass is 35.5. The number of benzene rings is 2. The van der Waals surface area contributed by atoms with E-state index in [1.807, 2.05) is 12.1 Å². The van der Waals surface area contributed by atoms with Gasteiger partial charge in [0.25, 0.3) is 0 Å². The molecule has 2 rings (SSSR count). The Morgan fingerprint density at radius 3 is 2.35 bits per heavy atom. The Bertz CT molecular complexity index is 726. The molecule has 0 radical (unpaired) electrons. The van der Waals surface area contributed by atoms with E-state index in [1.165, 1.54) is 18.2 Å². The summed E-state index contributed by atoms with van der Waals surface area (Å²) in [6.45, 7) is 2.05. The third-order valence-electron chi connectivity index (χ3n) is 4.20. The lowest BCUT2D eigenvalue weighted by Crippen LogP contribution is -2.30. The largest absolute Gasteiger partial charge is 0.469 e. The summed E-state index contributed by atoms with van der Waals surface area (Å²) in [7, 11) is 1.34. The number of esters is 1. The van der Waals surface area contributed by atoms with Crippen LogP contribution < -0.4 is 5.32 Å². The zero-order valence-electron chi connectivity index (χ0n) is 15.1. The number of carbonyl (C=O) groups excluding carboxylic acids is 2. The Kier molecular flexibility index (Phi) is 7.67. The molecule has 0 bridgehead atoms. The van der Waals surface area contributed by atoms with Gasteiger partial charge in [0.15, 0.2) is 0 Å². The van der Waals surface area contributed by atoms with Gasteiger partial charge in [0.05, 0.1) is 19.6 Å². The lowest BCUT2D eigenvalue weighted by molar-refractivity contribution is -0.141. The fraction of sp³-hybridized carbons (Fsp3) is 0.333. The van der Waals surface area contributed by atoms with Gasteiger partial charge in [-0.3, -0.25) is 9.59 Å². The first-order chi connectivity index (χ1) is 12.5. The molecule has 2 aromatic carbocycles. The Balaban J connectivity index is 1.91. The minimum atomic E-state index is -0.424. The third-order valence-corrected chi connectivity index (χ3v) is 4.45. The van der Waals surface area contributed by atoms with E-state index in [2.05, 4.69) is 36.5 Å². The first-order valence-corrected chi connectivity index (χ1v) is 9.03. The van der Waals surface area contributed by atoms with Gasteiger partial charge in [-0.05, 0) is 43.0 Å². The maximum atomic E-state index is 12.3. The van der Waals surface area contributed by atoms with Gasteiger partial charge in [0.1, 0.15) is 0 Å². The van der Waals surface area contributed by atoms with Crippen LogP contribution in [0.25, 0.3) is 0 Å². The molecule has 0 aliphatic heterocycles. The van der Waals surface area contributed by atoms with Crippen molar-refractivity contribution >= 4 is 23.5 Å². The van der Waals surface area contributed by atoms with E-state index in [1.54, 1.807) is 12.1 Å². The summed E-state index contributed by atoms with van der Waals surface area (Å²) in [4.78, 5) is 24.0. The van der Waals surface area contributed by atoms with Crippen LogP contribution in [0.1, 0.15) is 42.0 Å². The summed E-state index contributed by atoms with van der Waals surface area (Å²) in [6, 6.07) is 15.0. The van der Waals surface area contributed by atoms with Gasteiger partial charge in [-0.15, -0.1) is 0 Å². The van der Waals surface area contributed by atoms with E-state index in [0.717, 1.165) is 18.4 Å². The average molecular weight is 374 g/mol. The van der Waals surface area contributed by atoms with Crippen molar-refractivity contribution in [2.45, 2.75) is 38.6 Å². The molecule has 0 aromatic heterocycles. The minimum absolute atomic E-state index is 0.0824. The molecule has 1 amide bonds. The first kappa shape index (κ1) is 20.0. The Hall–Kier alpha value is -2.33. The highest BCUT2D eigenvalue weighted by Crippen LogP contribution is 2.20. The van der Waals surface area contributed by atoms with E-state index >= 15 is 0 Å². The number of methoxy groups -OCH3 is 1. The van der Waals surface area contributed by atoms with Crippen molar-refractivity contribution < 1.29 is 14.3 Å². The van der Waals surface area contributed by atoms with Crippen LogP contribution in [0.3, 0.4) is 0 Å². The summed E-state index contributed by atoms with van der Waals surface area (Å²) in [5.41, 5.74) is 3.26. The zero-order chi connectivity index (χ0) is 18.9. The molecule has 4 nitrogen and oxygen atoms in total. The number of hydrogen-bond donors (Lipinski definition) is 1. The standard InChI is InChI=1S/C21H24ClNO3/c1-15-6-8-16(9-7-15)4-3-5-20(24)23-19(14-21(25)26-2)17-10-12-18(22)13-11-17/h6-13,19H,3-5,14H2,1-2H3,(H,23,24). The van der Waals surface area contributed by atoms with Gasteiger partial charge in [0.2, 0.25) is 5.91 Å². The number of amides is 1. The van der Waals surface area contributed by atoms with Crippen LogP contribution >= 0.6 is 11.6 Å². The molecule has 0 saturated heterocycles.